The molecular formula is C53H36. The van der Waals surface area contributed by atoms with Gasteiger partial charge in [-0.2, -0.15) is 0 Å². The first-order valence-electron chi connectivity index (χ1n) is 18.7. The number of rotatable bonds is 4. The average Bonchev–Trinajstić information content (AvgIpc) is 3.66. The summed E-state index contributed by atoms with van der Waals surface area (Å²) in [5, 5.41) is 5.23. The van der Waals surface area contributed by atoms with Crippen LogP contribution in [0.2, 0.25) is 0 Å². The van der Waals surface area contributed by atoms with Gasteiger partial charge in [-0.3, -0.25) is 0 Å². The predicted octanol–water partition coefficient (Wildman–Crippen LogP) is 14.6. The summed E-state index contributed by atoms with van der Waals surface area (Å²) < 4.78 is 0. The molecule has 0 radical (unpaired) electrons. The van der Waals surface area contributed by atoms with E-state index in [1.807, 2.05) is 0 Å². The molecule has 0 spiro atoms. The Morgan fingerprint density at radius 3 is 1.30 bits per heavy atom. The van der Waals surface area contributed by atoms with Gasteiger partial charge in [0.25, 0.3) is 0 Å². The van der Waals surface area contributed by atoms with Crippen molar-refractivity contribution in [1.82, 2.24) is 0 Å². The lowest BCUT2D eigenvalue weighted by molar-refractivity contribution is 0.661. The van der Waals surface area contributed by atoms with Crippen LogP contribution >= 0.6 is 0 Å². The summed E-state index contributed by atoms with van der Waals surface area (Å²) in [6.07, 6.45) is 0. The third kappa shape index (κ3) is 4.30. The normalized spacial score (nSPS) is 13.2. The molecule has 9 aromatic rings. The molecule has 0 atom stereocenters. The average molecular weight is 673 g/mol. The summed E-state index contributed by atoms with van der Waals surface area (Å²) in [7, 11) is 0. The fraction of sp³-hybridized carbons (Fsp3) is 0.0566. The summed E-state index contributed by atoms with van der Waals surface area (Å²) in [5.74, 6) is 0. The van der Waals surface area contributed by atoms with Crippen LogP contribution in [-0.2, 0) is 5.41 Å². The van der Waals surface area contributed by atoms with Crippen molar-refractivity contribution in [3.05, 3.63) is 193 Å². The molecule has 0 aliphatic heterocycles. The fourth-order valence-electron chi connectivity index (χ4n) is 9.58. The van der Waals surface area contributed by atoms with Crippen LogP contribution in [0.1, 0.15) is 25.0 Å². The van der Waals surface area contributed by atoms with Crippen LogP contribution in [0.15, 0.2) is 182 Å². The Balaban J connectivity index is 1.14. The first kappa shape index (κ1) is 30.2. The van der Waals surface area contributed by atoms with E-state index in [9.17, 15) is 0 Å². The van der Waals surface area contributed by atoms with Gasteiger partial charge in [-0.25, -0.2) is 0 Å². The second kappa shape index (κ2) is 11.2. The Hall–Kier alpha value is -6.50. The number of hydrogen-bond acceptors (Lipinski definition) is 0. The van der Waals surface area contributed by atoms with E-state index in [2.05, 4.69) is 196 Å². The van der Waals surface area contributed by atoms with Gasteiger partial charge < -0.3 is 0 Å². The molecule has 0 N–H and O–H groups in total. The maximum absolute atomic E-state index is 2.47. The molecule has 0 fully saturated rings. The zero-order chi connectivity index (χ0) is 35.3. The first-order valence-corrected chi connectivity index (χ1v) is 18.7. The highest BCUT2D eigenvalue weighted by Crippen LogP contribution is 2.59. The van der Waals surface area contributed by atoms with Crippen LogP contribution in [0.25, 0.3) is 99.4 Å². The Morgan fingerprint density at radius 2 is 0.717 bits per heavy atom. The van der Waals surface area contributed by atoms with Gasteiger partial charge in [-0.05, 0) is 123 Å². The van der Waals surface area contributed by atoms with Crippen molar-refractivity contribution in [2.75, 3.05) is 0 Å². The Labute approximate surface area is 310 Å². The fourth-order valence-corrected chi connectivity index (χ4v) is 9.58. The van der Waals surface area contributed by atoms with Gasteiger partial charge in [-0.15, -0.1) is 0 Å². The first-order chi connectivity index (χ1) is 26.1. The van der Waals surface area contributed by atoms with Crippen molar-refractivity contribution < 1.29 is 0 Å². The minimum Gasteiger partial charge on any atom is -0.0622 e. The smallest absolute Gasteiger partial charge is 0.0159 e. The lowest BCUT2D eigenvalue weighted by Gasteiger charge is -2.23. The zero-order valence-electron chi connectivity index (χ0n) is 29.8. The van der Waals surface area contributed by atoms with E-state index in [1.54, 1.807) is 0 Å². The molecule has 0 bridgehead atoms. The van der Waals surface area contributed by atoms with Crippen LogP contribution in [0.3, 0.4) is 0 Å². The van der Waals surface area contributed by atoms with E-state index in [-0.39, 0.29) is 5.41 Å². The van der Waals surface area contributed by atoms with Crippen molar-refractivity contribution >= 4 is 21.5 Å². The van der Waals surface area contributed by atoms with Gasteiger partial charge in [0.1, 0.15) is 0 Å². The maximum atomic E-state index is 2.47. The maximum Gasteiger partial charge on any atom is 0.0159 e. The third-order valence-corrected chi connectivity index (χ3v) is 12.0. The van der Waals surface area contributed by atoms with E-state index < -0.39 is 0 Å². The molecule has 11 rings (SSSR count). The van der Waals surface area contributed by atoms with Gasteiger partial charge >= 0.3 is 0 Å². The molecule has 2 aliphatic rings. The summed E-state index contributed by atoms with van der Waals surface area (Å²) in [6, 6.07) is 67.7. The Morgan fingerprint density at radius 1 is 0.283 bits per heavy atom. The van der Waals surface area contributed by atoms with Gasteiger partial charge in [0.15, 0.2) is 0 Å². The van der Waals surface area contributed by atoms with E-state index in [1.165, 1.54) is 111 Å². The standard InChI is InChI=1S/C53H36/c1-53(2)46-31-36(33-15-6-3-7-16-33)25-27-39(46)40-28-26-37(32-47(40)53)38-29-30-45-50-41(38)23-14-24-44(50)51-48(34-17-8-4-9-18-34)42-21-12-13-22-43(42)49(52(45)51)35-19-10-5-11-20-35/h3-32H,1-2H3. The summed E-state index contributed by atoms with van der Waals surface area (Å²) in [4.78, 5) is 0. The number of hydrogen-bond donors (Lipinski definition) is 0. The SMILES string of the molecule is CC1(C)c2cc(-c3ccccc3)ccc2-c2ccc(-c3ccc4c5c(cccc35)-c3c-4c(-c4ccccc4)c4ccccc4c3-c3ccccc3)cc21. The topological polar surface area (TPSA) is 0 Å². The minimum atomic E-state index is -0.119. The molecule has 9 aromatic carbocycles. The summed E-state index contributed by atoms with van der Waals surface area (Å²) >= 11 is 0. The van der Waals surface area contributed by atoms with E-state index in [0.717, 1.165) is 0 Å². The predicted molar refractivity (Wildman–Crippen MR) is 225 cm³/mol. The highest BCUT2D eigenvalue weighted by Gasteiger charge is 2.36. The van der Waals surface area contributed by atoms with Crippen LogP contribution in [0.5, 0.6) is 0 Å². The number of fused-ring (bicyclic) bond motifs is 7. The van der Waals surface area contributed by atoms with Gasteiger partial charge in [0.05, 0.1) is 0 Å². The lowest BCUT2D eigenvalue weighted by Crippen LogP contribution is -2.15. The highest BCUT2D eigenvalue weighted by atomic mass is 14.4. The van der Waals surface area contributed by atoms with Crippen LogP contribution in [-0.4, -0.2) is 0 Å². The van der Waals surface area contributed by atoms with Crippen molar-refractivity contribution in [1.29, 1.82) is 0 Å². The largest absolute Gasteiger partial charge is 0.0622 e. The van der Waals surface area contributed by atoms with E-state index in [4.69, 9.17) is 0 Å². The molecule has 0 aromatic heterocycles. The molecule has 2 aliphatic carbocycles. The molecule has 248 valence electrons. The quantitative estimate of drug-likeness (QED) is 0.175. The Kier molecular flexibility index (Phi) is 6.40. The van der Waals surface area contributed by atoms with Crippen molar-refractivity contribution in [2.45, 2.75) is 19.3 Å². The highest BCUT2D eigenvalue weighted by molar-refractivity contribution is 6.28. The molecule has 0 nitrogen and oxygen atoms in total. The van der Waals surface area contributed by atoms with Crippen molar-refractivity contribution in [3.63, 3.8) is 0 Å². The van der Waals surface area contributed by atoms with Crippen LogP contribution in [0, 0.1) is 0 Å². The lowest BCUT2D eigenvalue weighted by atomic mass is 9.80. The molecule has 0 saturated heterocycles. The second-order valence-electron chi connectivity index (χ2n) is 15.2. The van der Waals surface area contributed by atoms with Gasteiger partial charge in [0.2, 0.25) is 0 Å². The monoisotopic (exact) mass is 672 g/mol. The molecular weight excluding hydrogens is 637 g/mol. The third-order valence-electron chi connectivity index (χ3n) is 12.0. The van der Waals surface area contributed by atoms with Crippen molar-refractivity contribution in [2.24, 2.45) is 0 Å². The molecule has 0 heteroatoms. The van der Waals surface area contributed by atoms with Crippen molar-refractivity contribution in [3.8, 4) is 77.9 Å². The molecule has 0 saturated carbocycles. The minimum absolute atomic E-state index is 0.119. The molecule has 53 heavy (non-hydrogen) atoms. The zero-order valence-corrected chi connectivity index (χ0v) is 29.8. The molecule has 0 heterocycles. The van der Waals surface area contributed by atoms with E-state index >= 15 is 0 Å². The van der Waals surface area contributed by atoms with Gasteiger partial charge in [0, 0.05) is 5.41 Å². The molecule has 0 amide bonds. The Bertz CT molecular complexity index is 2840. The number of benzene rings is 9. The molecule has 0 unspecified atom stereocenters. The summed E-state index contributed by atoms with van der Waals surface area (Å²) in [6.45, 7) is 4.78. The van der Waals surface area contributed by atoms with Crippen LogP contribution in [0.4, 0.5) is 0 Å². The summed E-state index contributed by atoms with van der Waals surface area (Å²) in [5.41, 5.74) is 20.9. The second-order valence-corrected chi connectivity index (χ2v) is 15.2. The van der Waals surface area contributed by atoms with E-state index in [0.29, 0.717) is 0 Å². The van der Waals surface area contributed by atoms with Gasteiger partial charge in [-0.1, -0.05) is 184 Å². The van der Waals surface area contributed by atoms with Crippen LogP contribution < -0.4 is 0 Å².